The zero-order valence-electron chi connectivity index (χ0n) is 11.1. The molecule has 0 amide bonds. The van der Waals surface area contributed by atoms with E-state index in [2.05, 4.69) is 11.6 Å². The van der Waals surface area contributed by atoms with Crippen molar-refractivity contribution in [1.82, 2.24) is 4.72 Å². The molecule has 2 atom stereocenters. The molecular formula is C13H19FN2O2S. The second-order valence-corrected chi connectivity index (χ2v) is 7.06. The van der Waals surface area contributed by atoms with Gasteiger partial charge in [-0.1, -0.05) is 6.92 Å². The summed E-state index contributed by atoms with van der Waals surface area (Å²) in [6, 6.07) is 2.30. The maximum Gasteiger partial charge on any atom is 0.241 e. The molecule has 0 aliphatic heterocycles. The number of nitrogen functional groups attached to an aromatic ring is 1. The van der Waals surface area contributed by atoms with Gasteiger partial charge in [0.05, 0.1) is 10.6 Å². The van der Waals surface area contributed by atoms with Gasteiger partial charge >= 0.3 is 0 Å². The molecule has 2 rings (SSSR count). The zero-order valence-corrected chi connectivity index (χ0v) is 11.9. The summed E-state index contributed by atoms with van der Waals surface area (Å²) in [4.78, 5) is 0.0611. The minimum atomic E-state index is -3.63. The summed E-state index contributed by atoms with van der Waals surface area (Å²) in [6.07, 6.45) is 2.71. The fourth-order valence-electron chi connectivity index (χ4n) is 2.56. The lowest BCUT2D eigenvalue weighted by atomic mass is 10.1. The van der Waals surface area contributed by atoms with Gasteiger partial charge in [-0.3, -0.25) is 0 Å². The molecule has 1 aliphatic carbocycles. The molecule has 1 aromatic carbocycles. The van der Waals surface area contributed by atoms with E-state index in [-0.39, 0.29) is 16.6 Å². The Hall–Kier alpha value is -1.14. The van der Waals surface area contributed by atoms with Crippen LogP contribution in [0.4, 0.5) is 10.1 Å². The van der Waals surface area contributed by atoms with E-state index in [0.29, 0.717) is 11.5 Å². The minimum Gasteiger partial charge on any atom is -0.396 e. The predicted octanol–water partition coefficient (Wildman–Crippen LogP) is 2.18. The van der Waals surface area contributed by atoms with Gasteiger partial charge in [0.25, 0.3) is 0 Å². The van der Waals surface area contributed by atoms with Crippen LogP contribution in [0.3, 0.4) is 0 Å². The third-order valence-corrected chi connectivity index (χ3v) is 5.26. The van der Waals surface area contributed by atoms with Crippen LogP contribution in [0.2, 0.25) is 0 Å². The smallest absolute Gasteiger partial charge is 0.241 e. The number of nitrogens with two attached hydrogens (primary N) is 1. The molecule has 19 heavy (non-hydrogen) atoms. The fourth-order valence-corrected chi connectivity index (χ4v) is 4.10. The lowest BCUT2D eigenvalue weighted by Crippen LogP contribution is -2.33. The average Bonchev–Trinajstić information content (AvgIpc) is 2.68. The van der Waals surface area contributed by atoms with Crippen LogP contribution in [0.1, 0.15) is 31.7 Å². The number of anilines is 1. The van der Waals surface area contributed by atoms with E-state index in [1.807, 2.05) is 0 Å². The van der Waals surface area contributed by atoms with Gasteiger partial charge in [0, 0.05) is 6.04 Å². The summed E-state index contributed by atoms with van der Waals surface area (Å²) in [5, 5.41) is 0. The van der Waals surface area contributed by atoms with Crippen LogP contribution in [0, 0.1) is 18.7 Å². The summed E-state index contributed by atoms with van der Waals surface area (Å²) >= 11 is 0. The third-order valence-electron chi connectivity index (χ3n) is 3.60. The van der Waals surface area contributed by atoms with Crippen LogP contribution in [0.5, 0.6) is 0 Å². The minimum absolute atomic E-state index is 0.0364. The van der Waals surface area contributed by atoms with E-state index in [0.717, 1.165) is 25.3 Å². The van der Waals surface area contributed by atoms with Crippen molar-refractivity contribution in [2.75, 3.05) is 5.73 Å². The van der Waals surface area contributed by atoms with Crippen LogP contribution in [-0.2, 0) is 10.0 Å². The van der Waals surface area contributed by atoms with E-state index < -0.39 is 15.8 Å². The molecule has 0 spiro atoms. The fraction of sp³-hybridized carbons (Fsp3) is 0.538. The Morgan fingerprint density at radius 3 is 2.63 bits per heavy atom. The van der Waals surface area contributed by atoms with Crippen LogP contribution >= 0.6 is 0 Å². The van der Waals surface area contributed by atoms with Gasteiger partial charge in [0.2, 0.25) is 10.0 Å². The first-order valence-corrected chi connectivity index (χ1v) is 7.86. The monoisotopic (exact) mass is 286 g/mol. The van der Waals surface area contributed by atoms with Gasteiger partial charge in [0.15, 0.2) is 0 Å². The highest BCUT2D eigenvalue weighted by Crippen LogP contribution is 2.27. The molecule has 1 aromatic rings. The Balaban J connectivity index is 2.27. The van der Waals surface area contributed by atoms with Crippen molar-refractivity contribution in [1.29, 1.82) is 0 Å². The molecule has 0 radical (unpaired) electrons. The average molecular weight is 286 g/mol. The van der Waals surface area contributed by atoms with E-state index >= 15 is 0 Å². The molecular weight excluding hydrogens is 267 g/mol. The summed E-state index contributed by atoms with van der Waals surface area (Å²) < 4.78 is 40.5. The summed E-state index contributed by atoms with van der Waals surface area (Å²) in [5.41, 5.74) is 5.67. The first-order valence-electron chi connectivity index (χ1n) is 6.37. The maximum atomic E-state index is 13.3. The predicted molar refractivity (Wildman–Crippen MR) is 72.7 cm³/mol. The van der Waals surface area contributed by atoms with Gasteiger partial charge in [0.1, 0.15) is 5.82 Å². The van der Waals surface area contributed by atoms with Gasteiger partial charge in [-0.15, -0.1) is 0 Å². The Kier molecular flexibility index (Phi) is 3.82. The second kappa shape index (κ2) is 5.09. The molecule has 106 valence electrons. The largest absolute Gasteiger partial charge is 0.396 e. The molecule has 4 nitrogen and oxygen atoms in total. The number of benzene rings is 1. The highest BCUT2D eigenvalue weighted by molar-refractivity contribution is 7.89. The van der Waals surface area contributed by atoms with E-state index in [1.54, 1.807) is 6.92 Å². The van der Waals surface area contributed by atoms with Crippen molar-refractivity contribution in [3.63, 3.8) is 0 Å². The van der Waals surface area contributed by atoms with Crippen LogP contribution in [0.25, 0.3) is 0 Å². The van der Waals surface area contributed by atoms with Crippen molar-refractivity contribution in [3.05, 3.63) is 23.5 Å². The molecule has 1 saturated carbocycles. The molecule has 0 saturated heterocycles. The van der Waals surface area contributed by atoms with Crippen LogP contribution in [0.15, 0.2) is 17.0 Å². The van der Waals surface area contributed by atoms with E-state index in [9.17, 15) is 12.8 Å². The lowest BCUT2D eigenvalue weighted by Gasteiger charge is -2.15. The third kappa shape index (κ3) is 3.06. The highest BCUT2D eigenvalue weighted by Gasteiger charge is 2.27. The summed E-state index contributed by atoms with van der Waals surface area (Å²) in [5.74, 6) is -0.0574. The van der Waals surface area contributed by atoms with Crippen LogP contribution < -0.4 is 10.5 Å². The van der Waals surface area contributed by atoms with Gasteiger partial charge < -0.3 is 5.73 Å². The Morgan fingerprint density at radius 1 is 1.37 bits per heavy atom. The van der Waals surface area contributed by atoms with Crippen molar-refractivity contribution >= 4 is 15.7 Å². The SMILES string of the molecule is Cc1cc(F)c(N)cc1S(=O)(=O)NC1CCC(C)C1. The van der Waals surface area contributed by atoms with Crippen molar-refractivity contribution in [3.8, 4) is 0 Å². The number of nitrogens with one attached hydrogen (secondary N) is 1. The van der Waals surface area contributed by atoms with Crippen molar-refractivity contribution in [2.45, 2.75) is 44.0 Å². The van der Waals surface area contributed by atoms with Gasteiger partial charge in [-0.25, -0.2) is 17.5 Å². The highest BCUT2D eigenvalue weighted by atomic mass is 32.2. The summed E-state index contributed by atoms with van der Waals surface area (Å²) in [6.45, 7) is 3.67. The first-order chi connectivity index (χ1) is 8.79. The number of aryl methyl sites for hydroxylation is 1. The second-order valence-electron chi connectivity index (χ2n) is 5.38. The number of sulfonamides is 1. The quantitative estimate of drug-likeness (QED) is 0.837. The number of hydrogen-bond donors (Lipinski definition) is 2. The Bertz CT molecular complexity index is 587. The maximum absolute atomic E-state index is 13.3. The first kappa shape index (κ1) is 14.3. The summed E-state index contributed by atoms with van der Waals surface area (Å²) in [7, 11) is -3.63. The molecule has 2 unspecified atom stereocenters. The molecule has 0 heterocycles. The zero-order chi connectivity index (χ0) is 14.2. The van der Waals surface area contributed by atoms with Gasteiger partial charge in [-0.05, 0) is 49.8 Å². The van der Waals surface area contributed by atoms with E-state index in [4.69, 9.17) is 5.73 Å². The molecule has 0 aromatic heterocycles. The van der Waals surface area contributed by atoms with Gasteiger partial charge in [-0.2, -0.15) is 0 Å². The molecule has 0 bridgehead atoms. The molecule has 3 N–H and O–H groups in total. The Labute approximate surface area is 113 Å². The Morgan fingerprint density at radius 2 is 2.05 bits per heavy atom. The van der Waals surface area contributed by atoms with Crippen molar-refractivity contribution in [2.24, 2.45) is 5.92 Å². The standard InChI is InChI=1S/C13H19FN2O2S/c1-8-3-4-10(5-8)16-19(17,18)13-7-12(15)11(14)6-9(13)2/h6-8,10,16H,3-5,15H2,1-2H3. The van der Waals surface area contributed by atoms with Crippen molar-refractivity contribution < 1.29 is 12.8 Å². The molecule has 1 fully saturated rings. The molecule has 6 heteroatoms. The normalized spacial score (nSPS) is 23.7. The number of rotatable bonds is 3. The van der Waals surface area contributed by atoms with E-state index in [1.165, 1.54) is 6.07 Å². The molecule has 1 aliphatic rings. The topological polar surface area (TPSA) is 72.2 Å². The van der Waals surface area contributed by atoms with Crippen LogP contribution in [-0.4, -0.2) is 14.5 Å². The number of hydrogen-bond acceptors (Lipinski definition) is 3. The lowest BCUT2D eigenvalue weighted by molar-refractivity contribution is 0.537. The number of halogens is 1.